The number of nitriles is 1. The number of nitro benzene ring substituents is 1. The predicted octanol–water partition coefficient (Wildman–Crippen LogP) is 3.01. The van der Waals surface area contributed by atoms with Crippen molar-refractivity contribution in [1.29, 1.82) is 5.26 Å². The lowest BCUT2D eigenvalue weighted by molar-refractivity contribution is -0.384. The average Bonchev–Trinajstić information content (AvgIpc) is 2.76. The van der Waals surface area contributed by atoms with Crippen LogP contribution in [0.5, 0.6) is 11.5 Å². The van der Waals surface area contributed by atoms with Gasteiger partial charge in [-0.05, 0) is 35.8 Å². The Bertz CT molecular complexity index is 1130. The SMILES string of the molecule is C=CCc1cc(/C=C(/C#N)C(=O)NC(N)=O)cc(OC)c1OCc1cccc([N+](=O)[O-])c1. The number of methoxy groups -OCH3 is 1. The zero-order valence-corrected chi connectivity index (χ0v) is 17.2. The first-order chi connectivity index (χ1) is 15.3. The highest BCUT2D eigenvalue weighted by atomic mass is 16.6. The number of nitro groups is 1. The van der Waals surface area contributed by atoms with E-state index >= 15 is 0 Å². The van der Waals surface area contributed by atoms with Crippen LogP contribution in [0.15, 0.2) is 54.6 Å². The van der Waals surface area contributed by atoms with Crippen LogP contribution in [0.25, 0.3) is 6.08 Å². The predicted molar refractivity (Wildman–Crippen MR) is 116 cm³/mol. The second-order valence-electron chi connectivity index (χ2n) is 6.41. The summed E-state index contributed by atoms with van der Waals surface area (Å²) in [6.45, 7) is 3.76. The molecular weight excluding hydrogens is 416 g/mol. The summed E-state index contributed by atoms with van der Waals surface area (Å²) in [7, 11) is 1.42. The molecule has 0 unspecified atom stereocenters. The number of hydrogen-bond acceptors (Lipinski definition) is 7. The number of hydrogen-bond donors (Lipinski definition) is 2. The number of carbonyl (C=O) groups is 2. The van der Waals surface area contributed by atoms with Crippen LogP contribution in [0, 0.1) is 21.4 Å². The minimum atomic E-state index is -1.08. The lowest BCUT2D eigenvalue weighted by atomic mass is 10.0. The number of ether oxygens (including phenoxy) is 2. The van der Waals surface area contributed by atoms with Crippen LogP contribution in [0.4, 0.5) is 10.5 Å². The van der Waals surface area contributed by atoms with Gasteiger partial charge < -0.3 is 15.2 Å². The van der Waals surface area contributed by atoms with Crippen molar-refractivity contribution in [3.63, 3.8) is 0 Å². The molecule has 164 valence electrons. The first-order valence-corrected chi connectivity index (χ1v) is 9.19. The fraction of sp³-hybridized carbons (Fsp3) is 0.136. The van der Waals surface area contributed by atoms with Gasteiger partial charge in [-0.15, -0.1) is 6.58 Å². The first kappa shape index (κ1) is 23.6. The molecule has 0 saturated heterocycles. The van der Waals surface area contributed by atoms with E-state index < -0.39 is 16.9 Å². The average molecular weight is 436 g/mol. The Labute approximate surface area is 183 Å². The molecule has 0 bridgehead atoms. The Kier molecular flexibility index (Phi) is 8.07. The van der Waals surface area contributed by atoms with Crippen molar-refractivity contribution in [1.82, 2.24) is 5.32 Å². The van der Waals surface area contributed by atoms with Gasteiger partial charge in [0.25, 0.3) is 11.6 Å². The van der Waals surface area contributed by atoms with Gasteiger partial charge in [-0.2, -0.15) is 5.26 Å². The maximum Gasteiger partial charge on any atom is 0.319 e. The summed E-state index contributed by atoms with van der Waals surface area (Å²) >= 11 is 0. The fourth-order valence-corrected chi connectivity index (χ4v) is 2.80. The fourth-order valence-electron chi connectivity index (χ4n) is 2.80. The summed E-state index contributed by atoms with van der Waals surface area (Å²) in [4.78, 5) is 33.3. The van der Waals surface area contributed by atoms with Gasteiger partial charge >= 0.3 is 6.03 Å². The molecule has 0 atom stereocenters. The highest BCUT2D eigenvalue weighted by Crippen LogP contribution is 2.35. The molecule has 0 fully saturated rings. The van der Waals surface area contributed by atoms with E-state index in [1.54, 1.807) is 36.4 Å². The Morgan fingerprint density at radius 3 is 2.69 bits per heavy atom. The largest absolute Gasteiger partial charge is 0.493 e. The number of rotatable bonds is 9. The molecule has 2 aromatic rings. The summed E-state index contributed by atoms with van der Waals surface area (Å²) < 4.78 is 11.3. The van der Waals surface area contributed by atoms with Gasteiger partial charge in [0.05, 0.1) is 12.0 Å². The van der Waals surface area contributed by atoms with Crippen molar-refractivity contribution in [2.75, 3.05) is 7.11 Å². The van der Waals surface area contributed by atoms with Crippen LogP contribution < -0.4 is 20.5 Å². The van der Waals surface area contributed by atoms with Gasteiger partial charge in [-0.1, -0.05) is 18.2 Å². The van der Waals surface area contributed by atoms with Crippen molar-refractivity contribution in [3.8, 4) is 17.6 Å². The number of nitrogens with zero attached hydrogens (tertiary/aromatic N) is 2. The summed E-state index contributed by atoms with van der Waals surface area (Å²) in [5.41, 5.74) is 6.21. The summed E-state index contributed by atoms with van der Waals surface area (Å²) in [5, 5.41) is 22.1. The van der Waals surface area contributed by atoms with Gasteiger partial charge in [0.1, 0.15) is 18.2 Å². The normalized spacial score (nSPS) is 10.6. The van der Waals surface area contributed by atoms with Gasteiger partial charge in [0, 0.05) is 17.7 Å². The van der Waals surface area contributed by atoms with Gasteiger partial charge in [-0.25, -0.2) is 4.79 Å². The molecule has 0 aliphatic rings. The summed E-state index contributed by atoms with van der Waals surface area (Å²) in [6, 6.07) is 9.90. The van der Waals surface area contributed by atoms with E-state index in [9.17, 15) is 25.0 Å². The van der Waals surface area contributed by atoms with Crippen LogP contribution in [-0.2, 0) is 17.8 Å². The number of amides is 3. The molecule has 2 rings (SSSR count). The third-order valence-electron chi connectivity index (χ3n) is 4.16. The smallest absolute Gasteiger partial charge is 0.319 e. The highest BCUT2D eigenvalue weighted by Gasteiger charge is 2.16. The summed E-state index contributed by atoms with van der Waals surface area (Å²) in [6.07, 6.45) is 3.28. The number of nitrogens with two attached hydrogens (primary N) is 1. The molecule has 32 heavy (non-hydrogen) atoms. The maximum atomic E-state index is 11.9. The van der Waals surface area contributed by atoms with E-state index in [1.807, 2.05) is 5.32 Å². The molecule has 0 radical (unpaired) electrons. The van der Waals surface area contributed by atoms with E-state index in [2.05, 4.69) is 6.58 Å². The summed E-state index contributed by atoms with van der Waals surface area (Å²) in [5.74, 6) is -0.236. The molecule has 10 heteroatoms. The molecule has 0 aliphatic carbocycles. The van der Waals surface area contributed by atoms with Crippen molar-refractivity contribution in [2.24, 2.45) is 5.73 Å². The lowest BCUT2D eigenvalue weighted by Gasteiger charge is -2.16. The van der Waals surface area contributed by atoms with Crippen molar-refractivity contribution in [2.45, 2.75) is 13.0 Å². The Morgan fingerprint density at radius 1 is 1.34 bits per heavy atom. The second kappa shape index (κ2) is 10.9. The van der Waals surface area contributed by atoms with Crippen molar-refractivity contribution < 1.29 is 24.0 Å². The van der Waals surface area contributed by atoms with E-state index in [0.29, 0.717) is 34.6 Å². The molecule has 2 aromatic carbocycles. The Balaban J connectivity index is 2.41. The number of carbonyl (C=O) groups excluding carboxylic acids is 2. The van der Waals surface area contributed by atoms with Crippen LogP contribution in [0.1, 0.15) is 16.7 Å². The first-order valence-electron chi connectivity index (χ1n) is 9.19. The number of nitrogens with one attached hydrogen (secondary N) is 1. The molecule has 3 amide bonds. The van der Waals surface area contributed by atoms with Crippen molar-refractivity contribution >= 4 is 23.7 Å². The minimum absolute atomic E-state index is 0.0435. The topological polar surface area (TPSA) is 158 Å². The van der Waals surface area contributed by atoms with E-state index in [0.717, 1.165) is 0 Å². The third-order valence-corrected chi connectivity index (χ3v) is 4.16. The third kappa shape index (κ3) is 6.17. The lowest BCUT2D eigenvalue weighted by Crippen LogP contribution is -2.35. The van der Waals surface area contributed by atoms with Gasteiger partial charge in [-0.3, -0.25) is 20.2 Å². The Hall–Kier alpha value is -4.65. The van der Waals surface area contributed by atoms with Crippen LogP contribution in [0.2, 0.25) is 0 Å². The number of allylic oxidation sites excluding steroid dienone is 1. The van der Waals surface area contributed by atoms with E-state index in [4.69, 9.17) is 15.2 Å². The second-order valence-corrected chi connectivity index (χ2v) is 6.41. The number of urea groups is 1. The van der Waals surface area contributed by atoms with Crippen LogP contribution in [0.3, 0.4) is 0 Å². The molecular formula is C22H20N4O6. The van der Waals surface area contributed by atoms with Gasteiger partial charge in [0.15, 0.2) is 11.5 Å². The molecule has 10 nitrogen and oxygen atoms in total. The van der Waals surface area contributed by atoms with Crippen LogP contribution >= 0.6 is 0 Å². The van der Waals surface area contributed by atoms with Crippen molar-refractivity contribution in [3.05, 3.63) is 81.4 Å². The number of primary amides is 1. The quantitative estimate of drug-likeness (QED) is 0.201. The monoisotopic (exact) mass is 436 g/mol. The molecule has 0 aromatic heterocycles. The number of non-ortho nitro benzene ring substituents is 1. The number of imide groups is 1. The highest BCUT2D eigenvalue weighted by molar-refractivity contribution is 6.08. The van der Waals surface area contributed by atoms with E-state index in [-0.39, 0.29) is 17.9 Å². The molecule has 0 heterocycles. The Morgan fingerprint density at radius 2 is 2.09 bits per heavy atom. The standard InChI is InChI=1S/C22H20N4O6/c1-3-5-16-8-15(9-17(12-23)21(27)25-22(24)28)11-19(31-2)20(16)32-13-14-6-4-7-18(10-14)26(29)30/h3-4,6-11H,1,5,13H2,2H3,(H3,24,25,27,28)/b17-9-. The van der Waals surface area contributed by atoms with Gasteiger partial charge in [0.2, 0.25) is 0 Å². The zero-order chi connectivity index (χ0) is 23.7. The minimum Gasteiger partial charge on any atom is -0.493 e. The molecule has 0 aliphatic heterocycles. The molecule has 0 saturated carbocycles. The molecule has 0 spiro atoms. The maximum absolute atomic E-state index is 11.9. The van der Waals surface area contributed by atoms with E-state index in [1.165, 1.54) is 25.3 Å². The molecule has 3 N–H and O–H groups in total. The number of benzene rings is 2. The zero-order valence-electron chi connectivity index (χ0n) is 17.2. The van der Waals surface area contributed by atoms with Crippen LogP contribution in [-0.4, -0.2) is 24.0 Å².